The van der Waals surface area contributed by atoms with Crippen molar-refractivity contribution >= 4 is 23.4 Å². The Kier molecular flexibility index (Phi) is 4.64. The predicted octanol–water partition coefficient (Wildman–Crippen LogP) is 4.27. The molecule has 0 bridgehead atoms. The van der Waals surface area contributed by atoms with E-state index in [0.717, 1.165) is 10.5 Å². The van der Waals surface area contributed by atoms with Gasteiger partial charge in [0, 0.05) is 21.7 Å². The minimum absolute atomic E-state index is 0.190. The highest BCUT2D eigenvalue weighted by Crippen LogP contribution is 2.25. The number of halogens is 2. The molecule has 1 unspecified atom stereocenters. The minimum Gasteiger partial charge on any atom is -0.323 e. The molecule has 0 fully saturated rings. The molecule has 0 saturated carbocycles. The lowest BCUT2D eigenvalue weighted by molar-refractivity contribution is 0.622. The van der Waals surface area contributed by atoms with E-state index in [0.29, 0.717) is 10.8 Å². The Morgan fingerprint density at radius 2 is 1.94 bits per heavy atom. The Bertz CT molecular complexity index is 533. The van der Waals surface area contributed by atoms with Gasteiger partial charge in [-0.05, 0) is 35.9 Å². The van der Waals surface area contributed by atoms with Crippen molar-refractivity contribution in [3.63, 3.8) is 0 Å². The molecule has 1 atom stereocenters. The van der Waals surface area contributed by atoms with Crippen LogP contribution >= 0.6 is 23.4 Å². The Morgan fingerprint density at radius 3 is 2.67 bits per heavy atom. The van der Waals surface area contributed by atoms with Crippen LogP contribution < -0.4 is 5.73 Å². The van der Waals surface area contributed by atoms with Gasteiger partial charge >= 0.3 is 0 Å². The van der Waals surface area contributed by atoms with Crippen LogP contribution in [0.1, 0.15) is 11.6 Å². The van der Waals surface area contributed by atoms with Gasteiger partial charge in [0.2, 0.25) is 0 Å². The van der Waals surface area contributed by atoms with E-state index in [1.54, 1.807) is 17.8 Å². The fourth-order valence-electron chi connectivity index (χ4n) is 1.58. The zero-order valence-corrected chi connectivity index (χ0v) is 11.2. The summed E-state index contributed by atoms with van der Waals surface area (Å²) in [7, 11) is 0. The first-order valence-electron chi connectivity index (χ1n) is 5.54. The summed E-state index contributed by atoms with van der Waals surface area (Å²) in [6, 6.07) is 13.8. The average Bonchev–Trinajstić information content (AvgIpc) is 2.36. The van der Waals surface area contributed by atoms with Crippen LogP contribution in [0.3, 0.4) is 0 Å². The molecule has 0 aliphatic carbocycles. The molecule has 2 aromatic rings. The summed E-state index contributed by atoms with van der Waals surface area (Å²) in [5, 5.41) is 0.708. The summed E-state index contributed by atoms with van der Waals surface area (Å²) in [5.74, 6) is 0.430. The maximum absolute atomic E-state index is 13.1. The molecule has 0 saturated heterocycles. The molecule has 2 aromatic carbocycles. The summed E-state index contributed by atoms with van der Waals surface area (Å²) in [5.41, 5.74) is 6.84. The highest BCUT2D eigenvalue weighted by molar-refractivity contribution is 7.99. The molecule has 4 heteroatoms. The van der Waals surface area contributed by atoms with Crippen LogP contribution in [0.25, 0.3) is 0 Å². The molecule has 1 nitrogen and oxygen atoms in total. The number of hydrogen-bond acceptors (Lipinski definition) is 2. The molecule has 2 N–H and O–H groups in total. The highest BCUT2D eigenvalue weighted by atomic mass is 35.5. The molecule has 2 rings (SSSR count). The monoisotopic (exact) mass is 281 g/mol. The van der Waals surface area contributed by atoms with E-state index in [4.69, 9.17) is 17.3 Å². The lowest BCUT2D eigenvalue weighted by Crippen LogP contribution is -2.13. The first-order chi connectivity index (χ1) is 8.65. The third kappa shape index (κ3) is 3.73. The van der Waals surface area contributed by atoms with Gasteiger partial charge < -0.3 is 5.73 Å². The van der Waals surface area contributed by atoms with Gasteiger partial charge in [-0.15, -0.1) is 11.8 Å². The molecule has 0 radical (unpaired) electrons. The van der Waals surface area contributed by atoms with E-state index >= 15 is 0 Å². The normalized spacial score (nSPS) is 12.4. The van der Waals surface area contributed by atoms with E-state index in [9.17, 15) is 4.39 Å². The van der Waals surface area contributed by atoms with Crippen LogP contribution in [0.15, 0.2) is 53.4 Å². The largest absolute Gasteiger partial charge is 0.323 e. The van der Waals surface area contributed by atoms with Crippen LogP contribution in [-0.4, -0.2) is 5.75 Å². The van der Waals surface area contributed by atoms with Crippen LogP contribution in [0.5, 0.6) is 0 Å². The number of benzene rings is 2. The average molecular weight is 282 g/mol. The van der Waals surface area contributed by atoms with Gasteiger partial charge in [-0.2, -0.15) is 0 Å². The van der Waals surface area contributed by atoms with Crippen molar-refractivity contribution in [2.75, 3.05) is 5.75 Å². The fourth-order valence-corrected chi connectivity index (χ4v) is 2.78. The molecule has 0 aliphatic heterocycles. The molecule has 0 aliphatic rings. The van der Waals surface area contributed by atoms with Crippen molar-refractivity contribution in [2.45, 2.75) is 10.9 Å². The van der Waals surface area contributed by atoms with Crippen molar-refractivity contribution in [3.8, 4) is 0 Å². The lowest BCUT2D eigenvalue weighted by Gasteiger charge is -2.11. The summed E-state index contributed by atoms with van der Waals surface area (Å²) >= 11 is 7.52. The Morgan fingerprint density at radius 1 is 1.17 bits per heavy atom. The van der Waals surface area contributed by atoms with Gasteiger partial charge in [0.15, 0.2) is 0 Å². The standard InChI is InChI=1S/C14H13ClFNS/c15-11-4-2-6-13(8-11)18-9-14(17)10-3-1-5-12(16)7-10/h1-8,14H,9,17H2. The molecular weight excluding hydrogens is 269 g/mol. The second-order valence-electron chi connectivity index (χ2n) is 3.93. The fraction of sp³-hybridized carbons (Fsp3) is 0.143. The molecule has 0 heterocycles. The predicted molar refractivity (Wildman–Crippen MR) is 75.5 cm³/mol. The highest BCUT2D eigenvalue weighted by Gasteiger charge is 2.07. The van der Waals surface area contributed by atoms with Gasteiger partial charge in [-0.25, -0.2) is 4.39 Å². The smallest absolute Gasteiger partial charge is 0.123 e. The number of hydrogen-bond donors (Lipinski definition) is 1. The maximum Gasteiger partial charge on any atom is 0.123 e. The zero-order chi connectivity index (χ0) is 13.0. The van der Waals surface area contributed by atoms with Gasteiger partial charge in [0.25, 0.3) is 0 Å². The minimum atomic E-state index is -0.254. The van der Waals surface area contributed by atoms with Crippen LogP contribution in [0, 0.1) is 5.82 Å². The molecule has 0 aromatic heterocycles. The molecule has 0 amide bonds. The van der Waals surface area contributed by atoms with Gasteiger partial charge in [0.05, 0.1) is 0 Å². The van der Waals surface area contributed by atoms with E-state index in [1.165, 1.54) is 12.1 Å². The van der Waals surface area contributed by atoms with Crippen molar-refractivity contribution in [3.05, 3.63) is 64.9 Å². The maximum atomic E-state index is 13.1. The van der Waals surface area contributed by atoms with Crippen molar-refractivity contribution in [2.24, 2.45) is 5.73 Å². The number of nitrogens with two attached hydrogens (primary N) is 1. The Labute approximate surface area is 115 Å². The number of thioether (sulfide) groups is 1. The van der Waals surface area contributed by atoms with E-state index < -0.39 is 0 Å². The molecule has 94 valence electrons. The van der Waals surface area contributed by atoms with Crippen molar-refractivity contribution in [1.29, 1.82) is 0 Å². The van der Waals surface area contributed by atoms with Crippen LogP contribution in [0.4, 0.5) is 4.39 Å². The SMILES string of the molecule is NC(CSc1cccc(Cl)c1)c1cccc(F)c1. The van der Waals surface area contributed by atoms with Crippen LogP contribution in [-0.2, 0) is 0 Å². The molecule has 0 spiro atoms. The Hall–Kier alpha value is -1.03. The number of rotatable bonds is 4. The first-order valence-corrected chi connectivity index (χ1v) is 6.91. The van der Waals surface area contributed by atoms with Crippen molar-refractivity contribution in [1.82, 2.24) is 0 Å². The summed E-state index contributed by atoms with van der Waals surface area (Å²) in [6.45, 7) is 0. The van der Waals surface area contributed by atoms with E-state index in [2.05, 4.69) is 0 Å². The molecule has 18 heavy (non-hydrogen) atoms. The first kappa shape index (κ1) is 13.4. The second kappa shape index (κ2) is 6.23. The Balaban J connectivity index is 1.98. The quantitative estimate of drug-likeness (QED) is 0.847. The van der Waals surface area contributed by atoms with E-state index in [1.807, 2.05) is 30.3 Å². The summed E-state index contributed by atoms with van der Waals surface area (Å²) < 4.78 is 13.1. The summed E-state index contributed by atoms with van der Waals surface area (Å²) in [4.78, 5) is 1.06. The third-order valence-corrected chi connectivity index (χ3v) is 3.85. The zero-order valence-electron chi connectivity index (χ0n) is 9.64. The second-order valence-corrected chi connectivity index (χ2v) is 5.46. The van der Waals surface area contributed by atoms with Gasteiger partial charge in [0.1, 0.15) is 5.82 Å². The van der Waals surface area contributed by atoms with Crippen LogP contribution in [0.2, 0.25) is 5.02 Å². The summed E-state index contributed by atoms with van der Waals surface area (Å²) in [6.07, 6.45) is 0. The van der Waals surface area contributed by atoms with Crippen molar-refractivity contribution < 1.29 is 4.39 Å². The van der Waals surface area contributed by atoms with Gasteiger partial charge in [-0.1, -0.05) is 29.8 Å². The molecular formula is C14H13ClFNS. The van der Waals surface area contributed by atoms with Gasteiger partial charge in [-0.3, -0.25) is 0 Å². The topological polar surface area (TPSA) is 26.0 Å². The lowest BCUT2D eigenvalue weighted by atomic mass is 10.1. The third-order valence-electron chi connectivity index (χ3n) is 2.50. The van der Waals surface area contributed by atoms with E-state index in [-0.39, 0.29) is 11.9 Å².